The van der Waals surface area contributed by atoms with Crippen molar-refractivity contribution in [3.05, 3.63) is 59.4 Å². The number of hydrogen-bond acceptors (Lipinski definition) is 3. The van der Waals surface area contributed by atoms with E-state index in [0.717, 1.165) is 23.3 Å². The van der Waals surface area contributed by atoms with Crippen LogP contribution in [0.2, 0.25) is 0 Å². The largest absolute Gasteiger partial charge is 0.487 e. The molecule has 1 aromatic heterocycles. The molecule has 0 fully saturated rings. The molecule has 3 heteroatoms. The molecule has 2 aromatic rings. The molecule has 2 heterocycles. The van der Waals surface area contributed by atoms with Crippen LogP contribution in [0.1, 0.15) is 36.6 Å². The van der Waals surface area contributed by atoms with Gasteiger partial charge >= 0.3 is 0 Å². The third-order valence-corrected chi connectivity index (χ3v) is 3.66. The fraction of sp³-hybridized carbons (Fsp3) is 0.353. The van der Waals surface area contributed by atoms with E-state index in [4.69, 9.17) is 4.74 Å². The average molecular weight is 269 g/mol. The summed E-state index contributed by atoms with van der Waals surface area (Å²) in [5.41, 5.74) is 2.95. The normalized spacial score (nSPS) is 17.4. The van der Waals surface area contributed by atoms with Gasteiger partial charge in [-0.25, -0.2) is 0 Å². The standard InChI is InChI=1S/C17H19NO2/c1-17(2)11-13-4-3-5-14(16(13)20-17)15(19)10-12-6-8-18-9-7-12/h3-9,15,19H,10-11H2,1-2H3. The molecule has 0 saturated heterocycles. The van der Waals surface area contributed by atoms with Crippen LogP contribution in [0.5, 0.6) is 5.75 Å². The van der Waals surface area contributed by atoms with Gasteiger partial charge in [-0.2, -0.15) is 0 Å². The Morgan fingerprint density at radius 2 is 2.00 bits per heavy atom. The first-order valence-electron chi connectivity index (χ1n) is 6.93. The Kier molecular flexibility index (Phi) is 3.22. The number of nitrogens with zero attached hydrogens (tertiary/aromatic N) is 1. The summed E-state index contributed by atoms with van der Waals surface area (Å²) in [5.74, 6) is 0.860. The maximum absolute atomic E-state index is 10.5. The van der Waals surface area contributed by atoms with Crippen LogP contribution < -0.4 is 4.74 Å². The summed E-state index contributed by atoms with van der Waals surface area (Å²) >= 11 is 0. The van der Waals surface area contributed by atoms with Crippen molar-refractivity contribution in [3.63, 3.8) is 0 Å². The van der Waals surface area contributed by atoms with Gasteiger partial charge in [0.2, 0.25) is 0 Å². The highest BCUT2D eigenvalue weighted by atomic mass is 16.5. The fourth-order valence-electron chi connectivity index (χ4n) is 2.75. The highest BCUT2D eigenvalue weighted by Gasteiger charge is 2.32. The number of aliphatic hydroxyl groups is 1. The minimum atomic E-state index is -0.554. The van der Waals surface area contributed by atoms with Crippen molar-refractivity contribution in [2.24, 2.45) is 0 Å². The molecule has 0 aliphatic carbocycles. The Morgan fingerprint density at radius 3 is 2.75 bits per heavy atom. The Bertz CT molecular complexity index is 608. The van der Waals surface area contributed by atoms with Crippen LogP contribution in [0.3, 0.4) is 0 Å². The van der Waals surface area contributed by atoms with E-state index >= 15 is 0 Å². The molecule has 1 atom stereocenters. The van der Waals surface area contributed by atoms with Gasteiger partial charge in [-0.15, -0.1) is 0 Å². The van der Waals surface area contributed by atoms with Gasteiger partial charge in [0, 0.05) is 30.8 Å². The first kappa shape index (κ1) is 13.1. The van der Waals surface area contributed by atoms with E-state index in [9.17, 15) is 5.11 Å². The van der Waals surface area contributed by atoms with Crippen LogP contribution in [0, 0.1) is 0 Å². The van der Waals surface area contributed by atoms with Crippen molar-refractivity contribution in [2.45, 2.75) is 38.4 Å². The van der Waals surface area contributed by atoms with E-state index in [2.05, 4.69) is 24.9 Å². The van der Waals surface area contributed by atoms with Crippen molar-refractivity contribution >= 4 is 0 Å². The summed E-state index contributed by atoms with van der Waals surface area (Å²) in [6.07, 6.45) is 4.40. The van der Waals surface area contributed by atoms with Gasteiger partial charge in [-0.1, -0.05) is 18.2 Å². The lowest BCUT2D eigenvalue weighted by molar-refractivity contribution is 0.126. The number of aromatic nitrogens is 1. The lowest BCUT2D eigenvalue weighted by Gasteiger charge is -2.20. The van der Waals surface area contributed by atoms with Crippen LogP contribution in [0.15, 0.2) is 42.7 Å². The zero-order valence-electron chi connectivity index (χ0n) is 11.8. The number of aliphatic hydroxyl groups excluding tert-OH is 1. The fourth-order valence-corrected chi connectivity index (χ4v) is 2.75. The van der Waals surface area contributed by atoms with E-state index in [1.807, 2.05) is 24.3 Å². The summed E-state index contributed by atoms with van der Waals surface area (Å²) in [7, 11) is 0. The highest BCUT2D eigenvalue weighted by molar-refractivity contribution is 5.47. The first-order valence-corrected chi connectivity index (χ1v) is 6.93. The Labute approximate surface area is 119 Å². The monoisotopic (exact) mass is 269 g/mol. The lowest BCUT2D eigenvalue weighted by Crippen LogP contribution is -2.25. The lowest BCUT2D eigenvalue weighted by atomic mass is 9.97. The molecule has 0 radical (unpaired) electrons. The second-order valence-electron chi connectivity index (χ2n) is 5.95. The minimum absolute atomic E-state index is 0.186. The van der Waals surface area contributed by atoms with Gasteiger partial charge < -0.3 is 9.84 Å². The molecule has 1 aromatic carbocycles. The highest BCUT2D eigenvalue weighted by Crippen LogP contribution is 2.40. The molecule has 1 aliphatic rings. The number of pyridine rings is 1. The zero-order chi connectivity index (χ0) is 14.2. The van der Waals surface area contributed by atoms with E-state index in [0.29, 0.717) is 6.42 Å². The van der Waals surface area contributed by atoms with Gasteiger partial charge in [0.25, 0.3) is 0 Å². The van der Waals surface area contributed by atoms with E-state index in [1.54, 1.807) is 12.4 Å². The van der Waals surface area contributed by atoms with E-state index < -0.39 is 6.10 Å². The number of benzene rings is 1. The van der Waals surface area contributed by atoms with Gasteiger partial charge in [-0.05, 0) is 37.1 Å². The summed E-state index contributed by atoms with van der Waals surface area (Å²) < 4.78 is 6.01. The molecule has 3 nitrogen and oxygen atoms in total. The van der Waals surface area contributed by atoms with Crippen molar-refractivity contribution < 1.29 is 9.84 Å². The number of para-hydroxylation sites is 1. The molecular weight excluding hydrogens is 250 g/mol. The number of fused-ring (bicyclic) bond motifs is 1. The first-order chi connectivity index (χ1) is 9.55. The summed E-state index contributed by atoms with van der Waals surface area (Å²) in [6.45, 7) is 4.15. The van der Waals surface area contributed by atoms with Crippen LogP contribution in [0.25, 0.3) is 0 Å². The van der Waals surface area contributed by atoms with Crippen molar-refractivity contribution in [1.29, 1.82) is 0 Å². The maximum atomic E-state index is 10.5. The third-order valence-electron chi connectivity index (χ3n) is 3.66. The quantitative estimate of drug-likeness (QED) is 0.931. The molecule has 0 saturated carbocycles. The molecule has 1 unspecified atom stereocenters. The second kappa shape index (κ2) is 4.91. The predicted octanol–water partition coefficient (Wildman–Crippen LogP) is 3.07. The van der Waals surface area contributed by atoms with Crippen LogP contribution >= 0.6 is 0 Å². The SMILES string of the molecule is CC1(C)Cc2cccc(C(O)Cc3ccncc3)c2O1. The second-order valence-corrected chi connectivity index (χ2v) is 5.95. The Balaban J connectivity index is 1.87. The number of ether oxygens (including phenoxy) is 1. The average Bonchev–Trinajstić information content (AvgIpc) is 2.73. The van der Waals surface area contributed by atoms with Gasteiger partial charge in [0.05, 0.1) is 6.10 Å². The zero-order valence-corrected chi connectivity index (χ0v) is 11.8. The Morgan fingerprint density at radius 1 is 1.25 bits per heavy atom. The van der Waals surface area contributed by atoms with Crippen LogP contribution in [-0.4, -0.2) is 15.7 Å². The van der Waals surface area contributed by atoms with Gasteiger partial charge in [0.15, 0.2) is 0 Å². The molecule has 1 aliphatic heterocycles. The van der Waals surface area contributed by atoms with Crippen LogP contribution in [-0.2, 0) is 12.8 Å². The number of rotatable bonds is 3. The van der Waals surface area contributed by atoms with Gasteiger partial charge in [-0.3, -0.25) is 4.98 Å². The van der Waals surface area contributed by atoms with E-state index in [-0.39, 0.29) is 5.60 Å². The molecule has 104 valence electrons. The maximum Gasteiger partial charge on any atom is 0.129 e. The molecule has 0 spiro atoms. The molecular formula is C17H19NO2. The van der Waals surface area contributed by atoms with Crippen molar-refractivity contribution in [2.75, 3.05) is 0 Å². The smallest absolute Gasteiger partial charge is 0.129 e. The predicted molar refractivity (Wildman–Crippen MR) is 77.8 cm³/mol. The van der Waals surface area contributed by atoms with E-state index in [1.165, 1.54) is 5.56 Å². The Hall–Kier alpha value is -1.87. The molecule has 1 N–H and O–H groups in total. The molecule has 0 bridgehead atoms. The minimum Gasteiger partial charge on any atom is -0.487 e. The van der Waals surface area contributed by atoms with Crippen molar-refractivity contribution in [3.8, 4) is 5.75 Å². The summed E-state index contributed by atoms with van der Waals surface area (Å²) in [4.78, 5) is 4.00. The molecule has 3 rings (SSSR count). The molecule has 0 amide bonds. The third kappa shape index (κ3) is 2.54. The number of hydrogen-bond donors (Lipinski definition) is 1. The summed E-state index contributed by atoms with van der Waals surface area (Å²) in [6, 6.07) is 9.88. The topological polar surface area (TPSA) is 42.4 Å². The molecule has 20 heavy (non-hydrogen) atoms. The van der Waals surface area contributed by atoms with Crippen LogP contribution in [0.4, 0.5) is 0 Å². The summed E-state index contributed by atoms with van der Waals surface area (Å²) in [5, 5.41) is 10.5. The van der Waals surface area contributed by atoms with Crippen molar-refractivity contribution in [1.82, 2.24) is 4.98 Å². The van der Waals surface area contributed by atoms with Gasteiger partial charge in [0.1, 0.15) is 11.4 Å².